The van der Waals surface area contributed by atoms with E-state index in [0.717, 1.165) is 106 Å². The van der Waals surface area contributed by atoms with E-state index >= 15 is 0 Å². The minimum absolute atomic E-state index is 0.109. The Morgan fingerprint density at radius 3 is 1.18 bits per heavy atom. The number of hydrogen-bond donors (Lipinski definition) is 5. The molecule has 8 N–H and O–H groups in total. The highest BCUT2D eigenvalue weighted by atomic mass is 79.9. The Bertz CT molecular complexity index is 3820. The molecule has 0 saturated carbocycles. The average Bonchev–Trinajstić information content (AvgIpc) is 0.854. The van der Waals surface area contributed by atoms with Gasteiger partial charge in [0.25, 0.3) is 17.7 Å². The number of amides is 3. The van der Waals surface area contributed by atoms with Crippen molar-refractivity contribution < 1.29 is 62.3 Å². The number of nitrogens with two attached hydrogens (primary N) is 3. The lowest BCUT2D eigenvalue weighted by Crippen LogP contribution is -2.55. The number of fused-ring (bicyclic) bond motifs is 6. The van der Waals surface area contributed by atoms with Crippen LogP contribution in [-0.4, -0.2) is 159 Å². The molecule has 6 atom stereocenters. The van der Waals surface area contributed by atoms with Crippen molar-refractivity contribution in [2.45, 2.75) is 98.1 Å². The highest BCUT2D eigenvalue weighted by molar-refractivity contribution is 9.10. The first-order valence-electron chi connectivity index (χ1n) is 31.1. The molecule has 486 valence electrons. The molecular formula is C69H77BBrN9O13. The normalized spacial score (nSPS) is 27.0. The Balaban J connectivity index is 0.000000126. The molecule has 2 unspecified atom stereocenters. The van der Waals surface area contributed by atoms with Crippen molar-refractivity contribution in [3.63, 3.8) is 0 Å². The van der Waals surface area contributed by atoms with E-state index < -0.39 is 40.5 Å². The number of likely N-dealkylation sites (N-methyl/N-ethyl adjacent to an activating group) is 3. The first kappa shape index (κ1) is 64.6. The second kappa shape index (κ2) is 25.4. The van der Waals surface area contributed by atoms with Gasteiger partial charge in [-0.3, -0.25) is 29.1 Å². The van der Waals surface area contributed by atoms with E-state index in [-0.39, 0.29) is 35.6 Å². The van der Waals surface area contributed by atoms with Crippen molar-refractivity contribution in [2.24, 2.45) is 32.2 Å². The lowest BCUT2D eigenvalue weighted by atomic mass is 9.74. The van der Waals surface area contributed by atoms with Crippen LogP contribution in [0.2, 0.25) is 0 Å². The molecule has 9 aliphatic heterocycles. The summed E-state index contributed by atoms with van der Waals surface area (Å²) in [7, 11) is 6.94. The van der Waals surface area contributed by atoms with E-state index in [1.807, 2.05) is 116 Å². The van der Waals surface area contributed by atoms with Crippen LogP contribution < -0.4 is 46.3 Å². The Morgan fingerprint density at radius 2 is 0.860 bits per heavy atom. The predicted octanol–water partition coefficient (Wildman–Crippen LogP) is 6.79. The lowest BCUT2D eigenvalue weighted by Gasteiger charge is -2.46. The van der Waals surface area contributed by atoms with Gasteiger partial charge in [0.05, 0.1) is 34.0 Å². The summed E-state index contributed by atoms with van der Waals surface area (Å²) in [5.74, 6) is 3.90. The van der Waals surface area contributed by atoms with Crippen LogP contribution in [0.15, 0.2) is 147 Å². The molecule has 24 heteroatoms. The minimum atomic E-state index is -1.35. The zero-order valence-electron chi connectivity index (χ0n) is 53.0. The molecule has 0 bridgehead atoms. The third-order valence-corrected chi connectivity index (χ3v) is 19.4. The number of aryl methyl sites for hydroxylation is 1. The van der Waals surface area contributed by atoms with Gasteiger partial charge in [0.1, 0.15) is 45.6 Å². The molecule has 3 saturated heterocycles. The summed E-state index contributed by atoms with van der Waals surface area (Å²) in [6.07, 6.45) is 6.44. The summed E-state index contributed by atoms with van der Waals surface area (Å²) in [5, 5.41) is 17.4. The van der Waals surface area contributed by atoms with Crippen LogP contribution in [0, 0.1) is 6.92 Å². The zero-order valence-corrected chi connectivity index (χ0v) is 54.6. The van der Waals surface area contributed by atoms with Crippen molar-refractivity contribution in [1.82, 2.24) is 14.7 Å². The molecule has 0 aliphatic carbocycles. The van der Waals surface area contributed by atoms with E-state index in [1.165, 1.54) is 14.7 Å². The summed E-state index contributed by atoms with van der Waals surface area (Å²) in [5.41, 5.74) is 21.0. The van der Waals surface area contributed by atoms with Crippen LogP contribution in [0.25, 0.3) is 22.3 Å². The first-order chi connectivity index (χ1) is 44.6. The molecule has 0 radical (unpaired) electrons. The largest absolute Gasteiger partial charge is 0.497 e. The third-order valence-electron chi connectivity index (χ3n) is 18.9. The van der Waals surface area contributed by atoms with E-state index in [4.69, 9.17) is 75.1 Å². The van der Waals surface area contributed by atoms with Gasteiger partial charge in [-0.15, -0.1) is 0 Å². The molecule has 6 aromatic rings. The van der Waals surface area contributed by atoms with Crippen LogP contribution in [0.3, 0.4) is 0 Å². The SMILES string of the molecule is CN1C(=O)C2(CC3(CCCOC3)Oc3ccc(Br)cc32)N=C1N.COc1cccc(-c2ccc3c(c2)[C@]2(C[C@@]4(CCCOC4)O3)N=C(N)N(C)C2=O)c1.COc1cccc(-c2ccc3c(c2)[C@]2(C[C@]4(CCCOC4)O3)N=C(N)N(C)C2=O)c1.Cc1cccc(B(O)O)c1. The smallest absolute Gasteiger partial charge is 0.488 e. The van der Waals surface area contributed by atoms with Gasteiger partial charge in [-0.25, -0.2) is 15.0 Å². The molecule has 15 rings (SSSR count). The zero-order chi connectivity index (χ0) is 65.7. The van der Waals surface area contributed by atoms with Gasteiger partial charge < -0.3 is 65.1 Å². The lowest BCUT2D eigenvalue weighted by molar-refractivity contribution is -0.139. The second-order valence-electron chi connectivity index (χ2n) is 25.3. The maximum atomic E-state index is 13.4. The number of nitrogens with zero attached hydrogens (tertiary/aromatic N) is 6. The van der Waals surface area contributed by atoms with Gasteiger partial charge in [-0.2, -0.15) is 0 Å². The fourth-order valence-electron chi connectivity index (χ4n) is 14.2. The molecular weight excluding hydrogens is 1250 g/mol. The summed E-state index contributed by atoms with van der Waals surface area (Å²) < 4.78 is 48.0. The fourth-order valence-corrected chi connectivity index (χ4v) is 14.6. The van der Waals surface area contributed by atoms with Crippen LogP contribution in [0.5, 0.6) is 28.7 Å². The molecule has 3 amide bonds. The Morgan fingerprint density at radius 1 is 0.495 bits per heavy atom. The van der Waals surface area contributed by atoms with E-state index in [9.17, 15) is 14.4 Å². The quantitative estimate of drug-likeness (QED) is 0.111. The number of rotatable bonds is 5. The molecule has 3 fully saturated rings. The molecule has 9 heterocycles. The number of carbonyl (C=O) groups is 3. The Labute approximate surface area is 548 Å². The van der Waals surface area contributed by atoms with Gasteiger partial charge in [0.2, 0.25) is 0 Å². The van der Waals surface area contributed by atoms with E-state index in [2.05, 4.69) is 20.9 Å². The molecule has 0 aromatic heterocycles. The third kappa shape index (κ3) is 12.0. The summed E-state index contributed by atoms with van der Waals surface area (Å²) in [6.45, 7) is 5.40. The molecule has 6 spiro atoms. The highest BCUT2D eigenvalue weighted by Gasteiger charge is 2.61. The molecule has 93 heavy (non-hydrogen) atoms. The number of hydrogen-bond acceptors (Lipinski definition) is 19. The standard InChI is InChI=1S/2C23H25N3O4.C16H18BrN3O3.C7H9BO2/c2*1-26-20(27)23(25-21(26)24)13-22(9-4-10-29-14-22)30-19-8-7-16(12-18(19)23)15-5-3-6-17(11-15)28-2;1-20-13(21)16(19-14(20)18)8-15(5-2-6-22-9-15)23-12-4-3-10(17)7-11(12)16;1-6-3-2-4-7(5-6)8(9)10/h2*3,5-8,11-12H,4,9-10,13-14H2,1-2H3,(H2,24,25);3-4,7H,2,5-6,8-9H2,1H3,(H2,18,19);2-5,9-10H,1H3/t22-,23+;22-,23-;;/m10../s1. The van der Waals surface area contributed by atoms with Gasteiger partial charge in [0, 0.05) is 81.4 Å². The Hall–Kier alpha value is -8.52. The average molecular weight is 1330 g/mol. The van der Waals surface area contributed by atoms with E-state index in [0.29, 0.717) is 75.0 Å². The topological polar surface area (TPSA) is 290 Å². The van der Waals surface area contributed by atoms with Crippen molar-refractivity contribution in [2.75, 3.05) is 75.0 Å². The number of halogens is 1. The van der Waals surface area contributed by atoms with Crippen molar-refractivity contribution in [3.8, 4) is 51.0 Å². The number of aliphatic imine (C=N–C) groups is 3. The van der Waals surface area contributed by atoms with Crippen molar-refractivity contribution in [3.05, 3.63) is 154 Å². The van der Waals surface area contributed by atoms with E-state index in [1.54, 1.807) is 53.6 Å². The molecule has 22 nitrogen and oxygen atoms in total. The highest BCUT2D eigenvalue weighted by Crippen LogP contribution is 2.55. The first-order valence-corrected chi connectivity index (χ1v) is 31.9. The Kier molecular flexibility index (Phi) is 17.7. The van der Waals surface area contributed by atoms with Crippen LogP contribution in [0.1, 0.15) is 80.0 Å². The number of carbonyl (C=O) groups excluding carboxylic acids is 3. The number of benzene rings is 6. The number of guanidine groups is 3. The number of methoxy groups -OCH3 is 2. The van der Waals surface area contributed by atoms with Crippen LogP contribution in [0.4, 0.5) is 0 Å². The monoisotopic (exact) mass is 1330 g/mol. The minimum Gasteiger partial charge on any atom is -0.497 e. The van der Waals surface area contributed by atoms with Crippen LogP contribution in [-0.2, 0) is 45.2 Å². The summed E-state index contributed by atoms with van der Waals surface area (Å²) in [6, 6.07) is 40.3. The van der Waals surface area contributed by atoms with Gasteiger partial charge >= 0.3 is 7.12 Å². The fraction of sp³-hybridized carbons (Fsp3) is 0.391. The van der Waals surface area contributed by atoms with Crippen molar-refractivity contribution in [1.29, 1.82) is 0 Å². The molecule has 9 aliphatic rings. The summed E-state index contributed by atoms with van der Waals surface area (Å²) >= 11 is 3.47. The van der Waals surface area contributed by atoms with Crippen LogP contribution >= 0.6 is 15.9 Å². The maximum absolute atomic E-state index is 13.4. The van der Waals surface area contributed by atoms with Crippen molar-refractivity contribution >= 4 is 64.1 Å². The summed E-state index contributed by atoms with van der Waals surface area (Å²) in [4.78, 5) is 58.2. The number of ether oxygens (including phenoxy) is 8. The predicted molar refractivity (Wildman–Crippen MR) is 354 cm³/mol. The van der Waals surface area contributed by atoms with Gasteiger partial charge in [-0.1, -0.05) is 82.2 Å². The maximum Gasteiger partial charge on any atom is 0.488 e. The molecule has 6 aromatic carbocycles. The second-order valence-corrected chi connectivity index (χ2v) is 26.2. The van der Waals surface area contributed by atoms with Gasteiger partial charge in [0.15, 0.2) is 34.5 Å². The van der Waals surface area contributed by atoms with Gasteiger partial charge in [-0.05, 0) is 140 Å².